The zero-order valence-electron chi connectivity index (χ0n) is 6.55. The SMILES string of the molecule is NCC1CCNC(C(N)=O)C1. The molecule has 0 spiro atoms. The number of primary amides is 1. The molecule has 11 heavy (non-hydrogen) atoms. The fourth-order valence-corrected chi connectivity index (χ4v) is 1.43. The molecule has 0 radical (unpaired) electrons. The van der Waals surface area contributed by atoms with E-state index in [4.69, 9.17) is 11.5 Å². The van der Waals surface area contributed by atoms with Crippen LogP contribution in [0.1, 0.15) is 12.8 Å². The molecule has 1 fully saturated rings. The number of hydrogen-bond donors (Lipinski definition) is 3. The number of hydrogen-bond acceptors (Lipinski definition) is 3. The van der Waals surface area contributed by atoms with Gasteiger partial charge in [0.05, 0.1) is 6.04 Å². The van der Waals surface area contributed by atoms with Gasteiger partial charge in [-0.3, -0.25) is 4.79 Å². The molecular weight excluding hydrogens is 142 g/mol. The van der Waals surface area contributed by atoms with Crippen molar-refractivity contribution in [1.29, 1.82) is 0 Å². The van der Waals surface area contributed by atoms with Gasteiger partial charge in [0, 0.05) is 0 Å². The van der Waals surface area contributed by atoms with E-state index in [0.717, 1.165) is 19.4 Å². The minimum absolute atomic E-state index is 0.155. The second-order valence-corrected chi connectivity index (χ2v) is 3.04. The van der Waals surface area contributed by atoms with Crippen LogP contribution in [-0.4, -0.2) is 25.0 Å². The summed E-state index contributed by atoms with van der Waals surface area (Å²) in [6.45, 7) is 1.51. The molecule has 0 aliphatic carbocycles. The zero-order valence-corrected chi connectivity index (χ0v) is 6.55. The van der Waals surface area contributed by atoms with Crippen LogP contribution in [0, 0.1) is 5.92 Å². The molecule has 4 nitrogen and oxygen atoms in total. The highest BCUT2D eigenvalue weighted by Gasteiger charge is 2.23. The topological polar surface area (TPSA) is 81.1 Å². The first kappa shape index (κ1) is 8.49. The smallest absolute Gasteiger partial charge is 0.234 e. The van der Waals surface area contributed by atoms with Crippen molar-refractivity contribution in [1.82, 2.24) is 5.32 Å². The second kappa shape index (κ2) is 3.69. The molecule has 0 saturated carbocycles. The number of nitrogens with two attached hydrogens (primary N) is 2. The lowest BCUT2D eigenvalue weighted by atomic mass is 9.92. The first-order chi connectivity index (χ1) is 5.24. The largest absolute Gasteiger partial charge is 0.368 e. The summed E-state index contributed by atoms with van der Waals surface area (Å²) in [6.07, 6.45) is 1.85. The number of amides is 1. The summed E-state index contributed by atoms with van der Waals surface area (Å²) in [6, 6.07) is -0.155. The molecule has 4 heteroatoms. The van der Waals surface area contributed by atoms with Crippen LogP contribution in [0.4, 0.5) is 0 Å². The Hall–Kier alpha value is -0.610. The van der Waals surface area contributed by atoms with Gasteiger partial charge in [-0.05, 0) is 31.8 Å². The van der Waals surface area contributed by atoms with Gasteiger partial charge in [0.15, 0.2) is 0 Å². The fraction of sp³-hybridized carbons (Fsp3) is 0.857. The molecule has 2 atom stereocenters. The van der Waals surface area contributed by atoms with Crippen molar-refractivity contribution < 1.29 is 4.79 Å². The van der Waals surface area contributed by atoms with E-state index in [1.54, 1.807) is 0 Å². The van der Waals surface area contributed by atoms with Crippen LogP contribution < -0.4 is 16.8 Å². The number of carbonyl (C=O) groups is 1. The molecule has 0 aromatic heterocycles. The third-order valence-corrected chi connectivity index (χ3v) is 2.19. The van der Waals surface area contributed by atoms with Crippen LogP contribution >= 0.6 is 0 Å². The molecule has 2 unspecified atom stereocenters. The van der Waals surface area contributed by atoms with Crippen LogP contribution in [-0.2, 0) is 4.79 Å². The van der Waals surface area contributed by atoms with Gasteiger partial charge in [0.25, 0.3) is 0 Å². The van der Waals surface area contributed by atoms with E-state index in [1.807, 2.05) is 0 Å². The summed E-state index contributed by atoms with van der Waals surface area (Å²) < 4.78 is 0. The Kier molecular flexibility index (Phi) is 2.84. The lowest BCUT2D eigenvalue weighted by Gasteiger charge is -2.27. The standard InChI is InChI=1S/C7H15N3O/c8-4-5-1-2-10-6(3-5)7(9)11/h5-6,10H,1-4,8H2,(H2,9,11). The van der Waals surface area contributed by atoms with Gasteiger partial charge in [0.2, 0.25) is 5.91 Å². The van der Waals surface area contributed by atoms with Crippen molar-refractivity contribution in [2.75, 3.05) is 13.1 Å². The van der Waals surface area contributed by atoms with E-state index in [-0.39, 0.29) is 11.9 Å². The van der Waals surface area contributed by atoms with Gasteiger partial charge in [-0.2, -0.15) is 0 Å². The Labute approximate surface area is 66.3 Å². The minimum Gasteiger partial charge on any atom is -0.368 e. The lowest BCUT2D eigenvalue weighted by molar-refractivity contribution is -0.120. The molecule has 1 amide bonds. The Morgan fingerprint density at radius 1 is 1.64 bits per heavy atom. The van der Waals surface area contributed by atoms with Crippen LogP contribution in [0.2, 0.25) is 0 Å². The highest BCUT2D eigenvalue weighted by molar-refractivity contribution is 5.79. The van der Waals surface area contributed by atoms with Crippen molar-refractivity contribution in [3.05, 3.63) is 0 Å². The molecule has 1 aliphatic heterocycles. The molecule has 1 rings (SSSR count). The first-order valence-electron chi connectivity index (χ1n) is 3.96. The maximum Gasteiger partial charge on any atom is 0.234 e. The molecule has 1 heterocycles. The highest BCUT2D eigenvalue weighted by atomic mass is 16.1. The number of nitrogens with one attached hydrogen (secondary N) is 1. The molecule has 5 N–H and O–H groups in total. The summed E-state index contributed by atoms with van der Waals surface area (Å²) in [5.74, 6) is 0.205. The summed E-state index contributed by atoms with van der Waals surface area (Å²) in [5.41, 5.74) is 10.6. The summed E-state index contributed by atoms with van der Waals surface area (Å²) in [4.78, 5) is 10.7. The van der Waals surface area contributed by atoms with E-state index in [1.165, 1.54) is 0 Å². The minimum atomic E-state index is -0.261. The van der Waals surface area contributed by atoms with Gasteiger partial charge >= 0.3 is 0 Å². The molecule has 1 saturated heterocycles. The summed E-state index contributed by atoms with van der Waals surface area (Å²) in [7, 11) is 0. The molecule has 1 aliphatic rings. The molecule has 0 aromatic carbocycles. The number of piperidine rings is 1. The Bertz CT molecular complexity index is 149. The van der Waals surface area contributed by atoms with Crippen LogP contribution in [0.3, 0.4) is 0 Å². The average molecular weight is 157 g/mol. The van der Waals surface area contributed by atoms with Gasteiger partial charge in [0.1, 0.15) is 0 Å². The van der Waals surface area contributed by atoms with E-state index >= 15 is 0 Å². The third-order valence-electron chi connectivity index (χ3n) is 2.19. The van der Waals surface area contributed by atoms with E-state index in [0.29, 0.717) is 12.5 Å². The maximum atomic E-state index is 10.7. The van der Waals surface area contributed by atoms with Crippen LogP contribution in [0.25, 0.3) is 0 Å². The molecule has 0 aromatic rings. The third kappa shape index (κ3) is 2.17. The van der Waals surface area contributed by atoms with Crippen molar-refractivity contribution in [2.45, 2.75) is 18.9 Å². The second-order valence-electron chi connectivity index (χ2n) is 3.04. The van der Waals surface area contributed by atoms with Gasteiger partial charge in [-0.1, -0.05) is 0 Å². The van der Waals surface area contributed by atoms with Crippen molar-refractivity contribution >= 4 is 5.91 Å². The summed E-state index contributed by atoms with van der Waals surface area (Å²) >= 11 is 0. The molecular formula is C7H15N3O. The van der Waals surface area contributed by atoms with E-state index in [2.05, 4.69) is 5.32 Å². The van der Waals surface area contributed by atoms with Crippen molar-refractivity contribution in [2.24, 2.45) is 17.4 Å². The molecule has 0 bridgehead atoms. The van der Waals surface area contributed by atoms with Gasteiger partial charge in [-0.25, -0.2) is 0 Å². The lowest BCUT2D eigenvalue weighted by Crippen LogP contribution is -2.47. The zero-order chi connectivity index (χ0) is 8.27. The number of rotatable bonds is 2. The first-order valence-corrected chi connectivity index (χ1v) is 3.96. The van der Waals surface area contributed by atoms with Crippen molar-refractivity contribution in [3.63, 3.8) is 0 Å². The predicted octanol–water partition coefficient (Wildman–Crippen LogP) is -1.20. The normalized spacial score (nSPS) is 31.7. The summed E-state index contributed by atoms with van der Waals surface area (Å²) in [5, 5.41) is 3.05. The van der Waals surface area contributed by atoms with E-state index in [9.17, 15) is 4.79 Å². The Morgan fingerprint density at radius 3 is 2.91 bits per heavy atom. The average Bonchev–Trinajstić information content (AvgIpc) is 2.05. The van der Waals surface area contributed by atoms with Gasteiger partial charge in [-0.15, -0.1) is 0 Å². The Morgan fingerprint density at radius 2 is 2.36 bits per heavy atom. The van der Waals surface area contributed by atoms with Crippen LogP contribution in [0.5, 0.6) is 0 Å². The van der Waals surface area contributed by atoms with Crippen LogP contribution in [0.15, 0.2) is 0 Å². The Balaban J connectivity index is 2.39. The van der Waals surface area contributed by atoms with Crippen molar-refractivity contribution in [3.8, 4) is 0 Å². The maximum absolute atomic E-state index is 10.7. The predicted molar refractivity (Wildman–Crippen MR) is 42.8 cm³/mol. The quantitative estimate of drug-likeness (QED) is 0.471. The number of carbonyl (C=O) groups excluding carboxylic acids is 1. The van der Waals surface area contributed by atoms with Gasteiger partial charge < -0.3 is 16.8 Å². The molecule has 64 valence electrons. The monoisotopic (exact) mass is 157 g/mol. The fourth-order valence-electron chi connectivity index (χ4n) is 1.43. The van der Waals surface area contributed by atoms with E-state index < -0.39 is 0 Å². The highest BCUT2D eigenvalue weighted by Crippen LogP contribution is 2.13.